The first-order valence-corrected chi connectivity index (χ1v) is 5.93. The van der Waals surface area contributed by atoms with E-state index in [9.17, 15) is 5.11 Å². The Morgan fingerprint density at radius 2 is 2.11 bits per heavy atom. The Bertz CT molecular complexity index is 411. The van der Waals surface area contributed by atoms with Crippen molar-refractivity contribution in [3.63, 3.8) is 0 Å². The summed E-state index contributed by atoms with van der Waals surface area (Å²) in [6.45, 7) is 0. The van der Waals surface area contributed by atoms with Gasteiger partial charge in [-0.2, -0.15) is 9.78 Å². The zero-order valence-corrected chi connectivity index (χ0v) is 10.2. The number of aromatic hydroxyl groups is 1. The van der Waals surface area contributed by atoms with Gasteiger partial charge in [0.1, 0.15) is 5.75 Å². The first-order valence-electron chi connectivity index (χ1n) is 5.93. The molecule has 3 N–H and O–H groups in total. The van der Waals surface area contributed by atoms with Crippen molar-refractivity contribution in [2.75, 3.05) is 0 Å². The van der Waals surface area contributed by atoms with Crippen molar-refractivity contribution in [1.29, 1.82) is 0 Å². The van der Waals surface area contributed by atoms with E-state index in [2.05, 4.69) is 14.7 Å². The Balaban J connectivity index is 1.86. The van der Waals surface area contributed by atoms with Gasteiger partial charge in [0.25, 0.3) is 0 Å². The third-order valence-electron chi connectivity index (χ3n) is 3.06. The lowest BCUT2D eigenvalue weighted by Crippen LogP contribution is -2.31. The largest absolute Gasteiger partial charge is 0.508 e. The highest BCUT2D eigenvalue weighted by Gasteiger charge is 2.45. The number of phenols is 1. The summed E-state index contributed by atoms with van der Waals surface area (Å²) in [7, 11) is 0. The molecule has 0 aliphatic carbocycles. The van der Waals surface area contributed by atoms with Gasteiger partial charge in [-0.3, -0.25) is 0 Å². The molecular formula is C12H16O7. The van der Waals surface area contributed by atoms with Gasteiger partial charge in [-0.05, 0) is 24.5 Å². The monoisotopic (exact) mass is 272 g/mol. The molecule has 1 aromatic rings. The molecule has 0 radical (unpaired) electrons. The fourth-order valence-corrected chi connectivity index (χ4v) is 2.03. The zero-order chi connectivity index (χ0) is 13.7. The van der Waals surface area contributed by atoms with Gasteiger partial charge in [-0.15, -0.1) is 0 Å². The Kier molecular flexibility index (Phi) is 4.70. The Hall–Kier alpha value is -1.22. The number of para-hydroxylation sites is 1. The summed E-state index contributed by atoms with van der Waals surface area (Å²) < 4.78 is 0. The van der Waals surface area contributed by atoms with Crippen molar-refractivity contribution in [1.82, 2.24) is 0 Å². The molecule has 0 spiro atoms. The maximum Gasteiger partial charge on any atom is 0.238 e. The van der Waals surface area contributed by atoms with Gasteiger partial charge in [0.05, 0.1) is 6.42 Å². The second kappa shape index (κ2) is 6.29. The van der Waals surface area contributed by atoms with Gasteiger partial charge >= 0.3 is 0 Å². The predicted molar refractivity (Wildman–Crippen MR) is 61.8 cm³/mol. The zero-order valence-electron chi connectivity index (χ0n) is 10.2. The molecule has 1 heterocycles. The molecule has 1 fully saturated rings. The minimum Gasteiger partial charge on any atom is -0.508 e. The Morgan fingerprint density at radius 3 is 2.74 bits per heavy atom. The molecule has 1 aliphatic rings. The lowest BCUT2D eigenvalue weighted by molar-refractivity contribution is -0.487. The lowest BCUT2D eigenvalue weighted by atomic mass is 10.0. The predicted octanol–water partition coefficient (Wildman–Crippen LogP) is 2.07. The number of phenolic OH excluding ortho intramolecular Hbond substituents is 1. The highest BCUT2D eigenvalue weighted by Crippen LogP contribution is 2.34. The fraction of sp³-hybridized carbons (Fsp3) is 0.500. The molecule has 1 aliphatic heterocycles. The van der Waals surface area contributed by atoms with Crippen molar-refractivity contribution in [2.24, 2.45) is 0 Å². The third kappa shape index (κ3) is 3.41. The van der Waals surface area contributed by atoms with Crippen molar-refractivity contribution in [3.05, 3.63) is 29.8 Å². The molecule has 106 valence electrons. The van der Waals surface area contributed by atoms with Gasteiger partial charge in [-0.1, -0.05) is 18.2 Å². The van der Waals surface area contributed by atoms with Crippen LogP contribution in [0.3, 0.4) is 0 Å². The molecule has 1 saturated heterocycles. The van der Waals surface area contributed by atoms with E-state index in [0.717, 1.165) is 5.56 Å². The molecule has 7 heteroatoms. The van der Waals surface area contributed by atoms with Gasteiger partial charge in [0, 0.05) is 6.42 Å². The summed E-state index contributed by atoms with van der Waals surface area (Å²) in [5.74, 6) is -1.13. The highest BCUT2D eigenvalue weighted by atomic mass is 17.3. The van der Waals surface area contributed by atoms with E-state index in [1.807, 2.05) is 12.1 Å². The average Bonchev–Trinajstić information content (AvgIpc) is 2.85. The number of aryl methyl sites for hydroxylation is 1. The second-order valence-corrected chi connectivity index (χ2v) is 4.40. The molecule has 1 aromatic carbocycles. The number of hydrogen-bond donors (Lipinski definition) is 3. The van der Waals surface area contributed by atoms with E-state index < -0.39 is 12.1 Å². The summed E-state index contributed by atoms with van der Waals surface area (Å²) >= 11 is 0. The molecule has 0 aromatic heterocycles. The first-order chi connectivity index (χ1) is 9.19. The van der Waals surface area contributed by atoms with Crippen LogP contribution in [0.15, 0.2) is 24.3 Å². The van der Waals surface area contributed by atoms with Crippen LogP contribution in [0.4, 0.5) is 0 Å². The van der Waals surface area contributed by atoms with Crippen molar-refractivity contribution in [3.8, 4) is 5.75 Å². The van der Waals surface area contributed by atoms with Crippen molar-refractivity contribution >= 4 is 0 Å². The minimum absolute atomic E-state index is 0.0424. The Labute approximate surface area is 109 Å². The minimum atomic E-state index is -1.35. The smallest absolute Gasteiger partial charge is 0.238 e. The van der Waals surface area contributed by atoms with Crippen LogP contribution in [0, 0.1) is 0 Å². The molecule has 19 heavy (non-hydrogen) atoms. The molecule has 0 amide bonds. The van der Waals surface area contributed by atoms with Gasteiger partial charge < -0.3 is 5.11 Å². The van der Waals surface area contributed by atoms with Gasteiger partial charge in [0.15, 0.2) is 0 Å². The first kappa shape index (κ1) is 14.2. The van der Waals surface area contributed by atoms with Crippen LogP contribution in [0.5, 0.6) is 5.75 Å². The number of benzene rings is 1. The van der Waals surface area contributed by atoms with Crippen molar-refractivity contribution in [2.45, 2.75) is 37.8 Å². The maximum atomic E-state index is 9.61. The van der Waals surface area contributed by atoms with E-state index in [-0.39, 0.29) is 12.2 Å². The van der Waals surface area contributed by atoms with Crippen LogP contribution in [0.1, 0.15) is 24.8 Å². The van der Waals surface area contributed by atoms with Crippen LogP contribution < -0.4 is 0 Å². The quantitative estimate of drug-likeness (QED) is 0.538. The van der Waals surface area contributed by atoms with E-state index in [4.69, 9.17) is 15.4 Å². The van der Waals surface area contributed by atoms with Crippen molar-refractivity contribution < 1.29 is 35.2 Å². The fourth-order valence-electron chi connectivity index (χ4n) is 2.03. The number of hydrogen-bond acceptors (Lipinski definition) is 7. The summed E-state index contributed by atoms with van der Waals surface area (Å²) in [4.78, 5) is 17.7. The van der Waals surface area contributed by atoms with Crippen LogP contribution in [0.2, 0.25) is 0 Å². The summed E-state index contributed by atoms with van der Waals surface area (Å²) in [6.07, 6.45) is 0.543. The van der Waals surface area contributed by atoms with Gasteiger partial charge in [0.2, 0.25) is 12.1 Å². The molecule has 2 atom stereocenters. The maximum absolute atomic E-state index is 9.61. The van der Waals surface area contributed by atoms with E-state index >= 15 is 0 Å². The summed E-state index contributed by atoms with van der Waals surface area (Å²) in [6, 6.07) is 7.00. The summed E-state index contributed by atoms with van der Waals surface area (Å²) in [5.41, 5.74) is 0.796. The average molecular weight is 272 g/mol. The highest BCUT2D eigenvalue weighted by molar-refractivity contribution is 5.31. The molecule has 0 unspecified atom stereocenters. The Morgan fingerprint density at radius 1 is 1.32 bits per heavy atom. The standard InChI is InChI=1S/C12H16O7/c13-10-6-2-1-4-9(10)5-3-7-12(18-15)8-11(16-14)17-19-12/h1-2,4,6,11,13-15H,3,5,7-8H2/t11-,12-/m0/s1. The SMILES string of the molecule is OO[C@@H]1C[C@@](CCCc2ccccc2O)(OO)OO1. The number of rotatable bonds is 6. The second-order valence-electron chi connectivity index (χ2n) is 4.40. The van der Waals surface area contributed by atoms with E-state index in [1.54, 1.807) is 12.1 Å². The molecular weight excluding hydrogens is 256 g/mol. The summed E-state index contributed by atoms with van der Waals surface area (Å²) in [5, 5.41) is 27.0. The normalized spacial score (nSPS) is 26.7. The molecule has 0 bridgehead atoms. The third-order valence-corrected chi connectivity index (χ3v) is 3.06. The van der Waals surface area contributed by atoms with Crippen LogP contribution >= 0.6 is 0 Å². The molecule has 7 nitrogen and oxygen atoms in total. The van der Waals surface area contributed by atoms with E-state index in [0.29, 0.717) is 19.3 Å². The molecule has 2 rings (SSSR count). The topological polar surface area (TPSA) is 97.6 Å². The van der Waals surface area contributed by atoms with Gasteiger partial charge in [-0.25, -0.2) is 20.3 Å². The van der Waals surface area contributed by atoms with Crippen LogP contribution in [-0.4, -0.2) is 27.7 Å². The lowest BCUT2D eigenvalue weighted by Gasteiger charge is -2.20. The molecule has 0 saturated carbocycles. The van der Waals surface area contributed by atoms with Crippen LogP contribution in [-0.2, 0) is 26.0 Å². The van der Waals surface area contributed by atoms with Crippen LogP contribution in [0.25, 0.3) is 0 Å². The van der Waals surface area contributed by atoms with E-state index in [1.165, 1.54) is 0 Å².